The number of benzene rings is 1. The van der Waals surface area contributed by atoms with Crippen LogP contribution in [0.5, 0.6) is 11.5 Å². The van der Waals surface area contributed by atoms with Gasteiger partial charge in [0.15, 0.2) is 11.5 Å². The number of rotatable bonds is 8. The molecule has 1 saturated heterocycles. The molecule has 0 unspecified atom stereocenters. The van der Waals surface area contributed by atoms with Crippen LogP contribution in [-0.2, 0) is 9.59 Å². The van der Waals surface area contributed by atoms with E-state index in [1.54, 1.807) is 25.3 Å². The Morgan fingerprint density at radius 3 is 2.73 bits per heavy atom. The number of ether oxygens (including phenoxy) is 2. The van der Waals surface area contributed by atoms with E-state index < -0.39 is 5.97 Å². The van der Waals surface area contributed by atoms with E-state index in [0.29, 0.717) is 33.2 Å². The predicted octanol–water partition coefficient (Wildman–Crippen LogP) is 2.07. The predicted molar refractivity (Wildman–Crippen MR) is 103 cm³/mol. The molecule has 1 aliphatic heterocycles. The van der Waals surface area contributed by atoms with E-state index in [1.165, 1.54) is 4.90 Å². The summed E-state index contributed by atoms with van der Waals surface area (Å²) < 4.78 is 11.4. The number of aliphatic carboxylic acids is 1. The molecule has 0 aliphatic carbocycles. The van der Waals surface area contributed by atoms with Crippen LogP contribution in [-0.4, -0.2) is 41.4 Å². The molecule has 6 nitrogen and oxygen atoms in total. The summed E-state index contributed by atoms with van der Waals surface area (Å²) in [6.45, 7) is 4.66. The maximum atomic E-state index is 12.4. The highest BCUT2D eigenvalue weighted by atomic mass is 32.2. The molecule has 1 aromatic carbocycles. The van der Waals surface area contributed by atoms with Gasteiger partial charge in [0.1, 0.15) is 4.32 Å². The van der Waals surface area contributed by atoms with Crippen molar-refractivity contribution in [2.24, 2.45) is 5.92 Å². The molecule has 8 heteroatoms. The van der Waals surface area contributed by atoms with E-state index in [0.717, 1.165) is 17.3 Å². The Hall–Kier alpha value is -2.06. The molecular weight excluding hydrogens is 374 g/mol. The number of amides is 1. The van der Waals surface area contributed by atoms with E-state index in [-0.39, 0.29) is 18.9 Å². The van der Waals surface area contributed by atoms with Gasteiger partial charge in [-0.2, -0.15) is 0 Å². The number of carboxylic acid groups (broad SMARTS) is 1. The molecule has 1 fully saturated rings. The van der Waals surface area contributed by atoms with Crippen molar-refractivity contribution in [1.82, 2.24) is 4.90 Å². The van der Waals surface area contributed by atoms with Crippen LogP contribution >= 0.6 is 24.0 Å². The molecule has 26 heavy (non-hydrogen) atoms. The highest BCUT2D eigenvalue weighted by Gasteiger charge is 2.31. The first-order valence-electron chi connectivity index (χ1n) is 8.08. The Balaban J connectivity index is 2.20. The van der Waals surface area contributed by atoms with Gasteiger partial charge in [0.05, 0.1) is 18.6 Å². The molecule has 0 bridgehead atoms. The summed E-state index contributed by atoms with van der Waals surface area (Å²) >= 11 is 6.31. The molecule has 1 heterocycles. The molecule has 2 rings (SSSR count). The van der Waals surface area contributed by atoms with Crippen LogP contribution in [0.25, 0.3) is 6.08 Å². The zero-order chi connectivity index (χ0) is 19.3. The standard InChI is InChI=1S/C18H21NO5S2/c1-11(2)10-24-14-8-12(4-5-13(14)23-3)9-15-17(22)19(18(25)26-15)7-6-16(20)21/h4-5,8-9,11H,6-7,10H2,1-3H3,(H,20,21)/p-1/b15-9-. The fraction of sp³-hybridized carbons (Fsp3) is 0.389. The van der Waals surface area contributed by atoms with Gasteiger partial charge in [-0.3, -0.25) is 9.69 Å². The number of thioether (sulfide) groups is 1. The lowest BCUT2D eigenvalue weighted by atomic mass is 10.1. The van der Waals surface area contributed by atoms with Gasteiger partial charge in [0.2, 0.25) is 0 Å². The molecule has 1 aliphatic rings. The van der Waals surface area contributed by atoms with E-state index in [2.05, 4.69) is 0 Å². The molecule has 0 spiro atoms. The van der Waals surface area contributed by atoms with Crippen molar-refractivity contribution in [1.29, 1.82) is 0 Å². The van der Waals surface area contributed by atoms with E-state index >= 15 is 0 Å². The molecule has 1 aromatic rings. The van der Waals surface area contributed by atoms with E-state index in [1.807, 2.05) is 19.9 Å². The third-order valence-corrected chi connectivity index (χ3v) is 4.85. The SMILES string of the molecule is COc1ccc(/C=C2\SC(=S)N(CCC(=O)[O-])C2=O)cc1OCC(C)C. The summed E-state index contributed by atoms with van der Waals surface area (Å²) in [6.07, 6.45) is 1.45. The summed E-state index contributed by atoms with van der Waals surface area (Å²) in [5.74, 6) is 0.0573. The Labute approximate surface area is 162 Å². The number of carboxylic acids is 1. The lowest BCUT2D eigenvalue weighted by Crippen LogP contribution is -2.33. The Bertz CT molecular complexity index is 745. The van der Waals surface area contributed by atoms with Crippen LogP contribution in [0, 0.1) is 5.92 Å². The first kappa shape index (κ1) is 20.3. The van der Waals surface area contributed by atoms with Crippen LogP contribution in [0.2, 0.25) is 0 Å². The van der Waals surface area contributed by atoms with Crippen molar-refractivity contribution >= 4 is 46.3 Å². The number of carbonyl (C=O) groups excluding carboxylic acids is 2. The van der Waals surface area contributed by atoms with Crippen molar-refractivity contribution in [2.75, 3.05) is 20.3 Å². The lowest BCUT2D eigenvalue weighted by molar-refractivity contribution is -0.305. The highest BCUT2D eigenvalue weighted by Crippen LogP contribution is 2.34. The normalized spacial score (nSPS) is 15.8. The van der Waals surface area contributed by atoms with Crippen molar-refractivity contribution in [3.63, 3.8) is 0 Å². The highest BCUT2D eigenvalue weighted by molar-refractivity contribution is 8.26. The third-order valence-electron chi connectivity index (χ3n) is 3.47. The van der Waals surface area contributed by atoms with Gasteiger partial charge in [-0.1, -0.05) is 43.9 Å². The number of hydrogen-bond acceptors (Lipinski definition) is 7. The molecule has 0 saturated carbocycles. The molecule has 0 radical (unpaired) electrons. The summed E-state index contributed by atoms with van der Waals surface area (Å²) in [7, 11) is 1.57. The van der Waals surface area contributed by atoms with Gasteiger partial charge in [-0.25, -0.2) is 0 Å². The van der Waals surface area contributed by atoms with Gasteiger partial charge in [0, 0.05) is 18.9 Å². The second-order valence-corrected chi connectivity index (χ2v) is 7.75. The summed E-state index contributed by atoms with van der Waals surface area (Å²) in [6, 6.07) is 5.39. The molecule has 1 amide bonds. The van der Waals surface area contributed by atoms with Gasteiger partial charge in [-0.05, 0) is 29.7 Å². The smallest absolute Gasteiger partial charge is 0.266 e. The maximum absolute atomic E-state index is 12.4. The number of nitrogens with zero attached hydrogens (tertiary/aromatic N) is 1. The first-order chi connectivity index (χ1) is 12.3. The van der Waals surface area contributed by atoms with E-state index in [4.69, 9.17) is 21.7 Å². The number of carbonyl (C=O) groups is 2. The summed E-state index contributed by atoms with van der Waals surface area (Å²) in [5.41, 5.74) is 0.768. The summed E-state index contributed by atoms with van der Waals surface area (Å²) in [4.78, 5) is 24.8. The quantitative estimate of drug-likeness (QED) is 0.493. The maximum Gasteiger partial charge on any atom is 0.266 e. The Morgan fingerprint density at radius 1 is 1.38 bits per heavy atom. The zero-order valence-electron chi connectivity index (χ0n) is 14.8. The Morgan fingerprint density at radius 2 is 2.12 bits per heavy atom. The van der Waals surface area contributed by atoms with Crippen molar-refractivity contribution in [3.05, 3.63) is 28.7 Å². The van der Waals surface area contributed by atoms with Crippen molar-refractivity contribution < 1.29 is 24.2 Å². The molecule has 0 N–H and O–H groups in total. The largest absolute Gasteiger partial charge is 0.550 e. The minimum absolute atomic E-state index is 0.00963. The molecule has 0 aromatic heterocycles. The third kappa shape index (κ3) is 5.22. The number of hydrogen-bond donors (Lipinski definition) is 0. The second kappa shape index (κ2) is 9.05. The van der Waals surface area contributed by atoms with Crippen LogP contribution < -0.4 is 14.6 Å². The topological polar surface area (TPSA) is 78.9 Å². The average molecular weight is 394 g/mol. The lowest BCUT2D eigenvalue weighted by Gasteiger charge is -2.14. The van der Waals surface area contributed by atoms with Gasteiger partial charge < -0.3 is 19.4 Å². The fourth-order valence-corrected chi connectivity index (χ4v) is 3.51. The summed E-state index contributed by atoms with van der Waals surface area (Å²) in [5, 5.41) is 10.6. The Kier molecular flexibility index (Phi) is 7.05. The van der Waals surface area contributed by atoms with Crippen molar-refractivity contribution in [2.45, 2.75) is 20.3 Å². The van der Waals surface area contributed by atoms with Crippen LogP contribution in [0.4, 0.5) is 0 Å². The molecular formula is C18H20NO5S2-. The van der Waals surface area contributed by atoms with Gasteiger partial charge >= 0.3 is 0 Å². The monoisotopic (exact) mass is 394 g/mol. The van der Waals surface area contributed by atoms with E-state index in [9.17, 15) is 14.7 Å². The van der Waals surface area contributed by atoms with Gasteiger partial charge in [0.25, 0.3) is 5.91 Å². The number of thiocarbonyl (C=S) groups is 1. The molecule has 140 valence electrons. The molecule has 0 atom stereocenters. The minimum Gasteiger partial charge on any atom is -0.550 e. The average Bonchev–Trinajstić information content (AvgIpc) is 2.84. The van der Waals surface area contributed by atoms with Crippen LogP contribution in [0.1, 0.15) is 25.8 Å². The number of methoxy groups -OCH3 is 1. The fourth-order valence-electron chi connectivity index (χ4n) is 2.20. The van der Waals surface area contributed by atoms with Gasteiger partial charge in [-0.15, -0.1) is 0 Å². The first-order valence-corrected chi connectivity index (χ1v) is 9.30. The van der Waals surface area contributed by atoms with Crippen LogP contribution in [0.3, 0.4) is 0 Å². The minimum atomic E-state index is -1.22. The zero-order valence-corrected chi connectivity index (χ0v) is 16.4. The van der Waals surface area contributed by atoms with Crippen molar-refractivity contribution in [3.8, 4) is 11.5 Å². The van der Waals surface area contributed by atoms with Crippen LogP contribution in [0.15, 0.2) is 23.1 Å². The second-order valence-electron chi connectivity index (χ2n) is 6.07.